The van der Waals surface area contributed by atoms with Crippen LogP contribution in [0.15, 0.2) is 12.2 Å². The average molecular weight is 122 g/mol. The van der Waals surface area contributed by atoms with E-state index in [0.29, 0.717) is 0 Å². The van der Waals surface area contributed by atoms with Crippen molar-refractivity contribution in [2.24, 2.45) is 11.3 Å². The van der Waals surface area contributed by atoms with Gasteiger partial charge in [0.25, 0.3) is 0 Å². The minimum absolute atomic E-state index is 0.788. The molecule has 0 aromatic rings. The Labute approximate surface area is 57.0 Å². The molecule has 0 nitrogen and oxygen atoms in total. The lowest BCUT2D eigenvalue weighted by molar-refractivity contribution is 0.501. The Hall–Kier alpha value is -0.260. The summed E-state index contributed by atoms with van der Waals surface area (Å²) in [6.07, 6.45) is 5.74. The Morgan fingerprint density at radius 3 is 2.44 bits per heavy atom. The van der Waals surface area contributed by atoms with Crippen LogP contribution in [0.1, 0.15) is 32.6 Å². The maximum atomic E-state index is 4.07. The highest BCUT2D eigenvalue weighted by Gasteiger charge is 2.48. The van der Waals surface area contributed by atoms with Crippen molar-refractivity contribution < 1.29 is 0 Å². The molecule has 2 fully saturated rings. The normalized spacial score (nSPS) is 37.9. The number of hydrogen-bond acceptors (Lipinski definition) is 0. The smallest absolute Gasteiger partial charge is 0.0229 e. The predicted octanol–water partition coefficient (Wildman–Crippen LogP) is 2.75. The van der Waals surface area contributed by atoms with Gasteiger partial charge in [0.15, 0.2) is 0 Å². The van der Waals surface area contributed by atoms with Crippen LogP contribution in [0, 0.1) is 11.3 Å². The maximum absolute atomic E-state index is 4.07. The zero-order valence-electron chi connectivity index (χ0n) is 6.11. The molecule has 0 aromatic carbocycles. The van der Waals surface area contributed by atoms with Gasteiger partial charge in [-0.2, -0.15) is 0 Å². The Bertz CT molecular complexity index is 151. The van der Waals surface area contributed by atoms with Crippen molar-refractivity contribution in [3.8, 4) is 0 Å². The van der Waals surface area contributed by atoms with E-state index in [2.05, 4.69) is 13.5 Å². The Morgan fingerprint density at radius 1 is 1.56 bits per heavy atom. The van der Waals surface area contributed by atoms with Crippen LogP contribution in [0.2, 0.25) is 0 Å². The van der Waals surface area contributed by atoms with Crippen LogP contribution < -0.4 is 0 Å². The van der Waals surface area contributed by atoms with E-state index in [4.69, 9.17) is 0 Å². The van der Waals surface area contributed by atoms with Gasteiger partial charge in [0.2, 0.25) is 0 Å². The van der Waals surface area contributed by atoms with Crippen molar-refractivity contribution >= 4 is 0 Å². The third-order valence-electron chi connectivity index (χ3n) is 3.00. The summed E-state index contributed by atoms with van der Waals surface area (Å²) >= 11 is 0. The molecule has 1 atom stereocenters. The number of hydrogen-bond donors (Lipinski definition) is 0. The van der Waals surface area contributed by atoms with Gasteiger partial charge in [0.1, 0.15) is 0 Å². The highest BCUT2D eigenvalue weighted by Crippen LogP contribution is 2.60. The molecule has 1 spiro atoms. The van der Waals surface area contributed by atoms with Gasteiger partial charge in [-0.15, -0.1) is 0 Å². The fourth-order valence-corrected chi connectivity index (χ4v) is 2.08. The van der Waals surface area contributed by atoms with E-state index in [0.717, 1.165) is 11.3 Å². The second-order valence-corrected chi connectivity index (χ2v) is 3.94. The number of allylic oxidation sites excluding steroid dienone is 1. The lowest BCUT2D eigenvalue weighted by Crippen LogP contribution is -1.90. The highest BCUT2D eigenvalue weighted by atomic mass is 14.5. The van der Waals surface area contributed by atoms with E-state index in [9.17, 15) is 0 Å². The van der Waals surface area contributed by atoms with E-state index in [-0.39, 0.29) is 0 Å². The molecule has 0 saturated heterocycles. The van der Waals surface area contributed by atoms with Crippen LogP contribution in [-0.4, -0.2) is 0 Å². The highest BCUT2D eigenvalue weighted by molar-refractivity contribution is 5.17. The van der Waals surface area contributed by atoms with Gasteiger partial charge in [-0.25, -0.2) is 0 Å². The quantitative estimate of drug-likeness (QED) is 0.433. The minimum Gasteiger partial charge on any atom is -0.0996 e. The second-order valence-electron chi connectivity index (χ2n) is 3.94. The van der Waals surface area contributed by atoms with E-state index in [1.165, 1.54) is 31.3 Å². The zero-order chi connectivity index (χ0) is 6.48. The molecule has 0 heterocycles. The average Bonchev–Trinajstić information content (AvgIpc) is 2.42. The first-order valence-corrected chi connectivity index (χ1v) is 3.90. The summed E-state index contributed by atoms with van der Waals surface area (Å²) in [5.74, 6) is 0.826. The lowest BCUT2D eigenvalue weighted by Gasteiger charge is -2.00. The first-order chi connectivity index (χ1) is 4.22. The molecule has 0 aliphatic heterocycles. The summed E-state index contributed by atoms with van der Waals surface area (Å²) < 4.78 is 0. The fraction of sp³-hybridized carbons (Fsp3) is 0.778. The molecule has 2 aliphatic carbocycles. The third-order valence-corrected chi connectivity index (χ3v) is 3.00. The van der Waals surface area contributed by atoms with Crippen molar-refractivity contribution in [1.82, 2.24) is 0 Å². The van der Waals surface area contributed by atoms with Crippen molar-refractivity contribution in [1.29, 1.82) is 0 Å². The first kappa shape index (κ1) is 5.52. The number of rotatable bonds is 0. The van der Waals surface area contributed by atoms with Gasteiger partial charge in [-0.05, 0) is 37.0 Å². The van der Waals surface area contributed by atoms with E-state index < -0.39 is 0 Å². The van der Waals surface area contributed by atoms with Crippen LogP contribution >= 0.6 is 0 Å². The van der Waals surface area contributed by atoms with Gasteiger partial charge < -0.3 is 0 Å². The summed E-state index contributed by atoms with van der Waals surface area (Å²) in [6, 6.07) is 0. The van der Waals surface area contributed by atoms with E-state index >= 15 is 0 Å². The first-order valence-electron chi connectivity index (χ1n) is 3.90. The standard InChI is InChI=1S/C9H14/c1-7-5-9(3-4-9)6-8(7)2/h8H,1,3-6H2,2H3. The van der Waals surface area contributed by atoms with Gasteiger partial charge in [0.05, 0.1) is 0 Å². The molecule has 1 unspecified atom stereocenters. The molecular weight excluding hydrogens is 108 g/mol. The molecule has 0 amide bonds. The Balaban J connectivity index is 2.14. The predicted molar refractivity (Wildman–Crippen MR) is 39.2 cm³/mol. The van der Waals surface area contributed by atoms with E-state index in [1.807, 2.05) is 0 Å². The van der Waals surface area contributed by atoms with Crippen LogP contribution in [0.4, 0.5) is 0 Å². The van der Waals surface area contributed by atoms with Gasteiger partial charge in [0, 0.05) is 0 Å². The van der Waals surface area contributed by atoms with Gasteiger partial charge in [-0.1, -0.05) is 19.1 Å². The van der Waals surface area contributed by atoms with Crippen LogP contribution in [-0.2, 0) is 0 Å². The Kier molecular flexibility index (Phi) is 0.870. The van der Waals surface area contributed by atoms with Crippen molar-refractivity contribution in [3.05, 3.63) is 12.2 Å². The van der Waals surface area contributed by atoms with Crippen molar-refractivity contribution in [3.63, 3.8) is 0 Å². The summed E-state index contributed by atoms with van der Waals surface area (Å²) in [7, 11) is 0. The molecule has 0 heteroatoms. The molecule has 9 heavy (non-hydrogen) atoms. The van der Waals surface area contributed by atoms with Crippen molar-refractivity contribution in [2.45, 2.75) is 32.6 Å². The fourth-order valence-electron chi connectivity index (χ4n) is 2.08. The molecule has 2 rings (SSSR count). The summed E-state index contributed by atoms with van der Waals surface area (Å²) in [4.78, 5) is 0. The minimum atomic E-state index is 0.788. The summed E-state index contributed by atoms with van der Waals surface area (Å²) in [5, 5.41) is 0. The van der Waals surface area contributed by atoms with Crippen LogP contribution in [0.5, 0.6) is 0 Å². The topological polar surface area (TPSA) is 0 Å². The molecule has 2 aliphatic rings. The summed E-state index contributed by atoms with van der Waals surface area (Å²) in [5.41, 5.74) is 2.30. The lowest BCUT2D eigenvalue weighted by atomic mass is 10.0. The SMILES string of the molecule is C=C1CC2(CC2)CC1C. The zero-order valence-corrected chi connectivity index (χ0v) is 6.11. The molecule has 0 N–H and O–H groups in total. The molecular formula is C9H14. The molecule has 0 radical (unpaired) electrons. The monoisotopic (exact) mass is 122 g/mol. The van der Waals surface area contributed by atoms with Gasteiger partial charge >= 0.3 is 0 Å². The molecule has 50 valence electrons. The molecule has 0 bridgehead atoms. The van der Waals surface area contributed by atoms with Crippen LogP contribution in [0.3, 0.4) is 0 Å². The second kappa shape index (κ2) is 1.42. The molecule has 0 aromatic heterocycles. The molecule has 2 saturated carbocycles. The van der Waals surface area contributed by atoms with Crippen LogP contribution in [0.25, 0.3) is 0 Å². The maximum Gasteiger partial charge on any atom is -0.0229 e. The largest absolute Gasteiger partial charge is 0.0996 e. The van der Waals surface area contributed by atoms with E-state index in [1.54, 1.807) is 0 Å². The van der Waals surface area contributed by atoms with Crippen molar-refractivity contribution in [2.75, 3.05) is 0 Å². The Morgan fingerprint density at radius 2 is 2.22 bits per heavy atom. The summed E-state index contributed by atoms with van der Waals surface area (Å²) in [6.45, 7) is 6.39. The van der Waals surface area contributed by atoms with Gasteiger partial charge in [-0.3, -0.25) is 0 Å². The third kappa shape index (κ3) is 0.726.